The summed E-state index contributed by atoms with van der Waals surface area (Å²) in [6.07, 6.45) is 5.90. The molecule has 0 fully saturated rings. The zero-order valence-electron chi connectivity index (χ0n) is 15.2. The third kappa shape index (κ3) is 5.06. The van der Waals surface area contributed by atoms with Gasteiger partial charge >= 0.3 is 0 Å². The summed E-state index contributed by atoms with van der Waals surface area (Å²) in [6.45, 7) is 9.99. The molecule has 0 aliphatic carbocycles. The van der Waals surface area contributed by atoms with Crippen molar-refractivity contribution in [3.8, 4) is 0 Å². The quantitative estimate of drug-likeness (QED) is 0.642. The molecule has 0 bridgehead atoms. The lowest BCUT2D eigenvalue weighted by molar-refractivity contribution is -0.125. The molecule has 6 heteroatoms. The molecule has 0 saturated heterocycles. The van der Waals surface area contributed by atoms with Crippen molar-refractivity contribution in [3.05, 3.63) is 23.5 Å². The third-order valence-corrected chi connectivity index (χ3v) is 6.87. The van der Waals surface area contributed by atoms with Crippen molar-refractivity contribution in [2.75, 3.05) is 11.5 Å². The molecule has 0 spiro atoms. The maximum absolute atomic E-state index is 11.7. The Bertz CT molecular complexity index is 530. The van der Waals surface area contributed by atoms with Crippen LogP contribution >= 0.6 is 23.5 Å². The fraction of sp³-hybridized carbons (Fsp3) is 0.667. The Morgan fingerprint density at radius 2 is 1.25 bits per heavy atom. The fourth-order valence-corrected chi connectivity index (χ4v) is 4.98. The third-order valence-electron chi connectivity index (χ3n) is 4.24. The van der Waals surface area contributed by atoms with Crippen molar-refractivity contribution >= 4 is 35.3 Å². The minimum absolute atomic E-state index is 0.0970. The van der Waals surface area contributed by atoms with E-state index in [0.29, 0.717) is 4.58 Å². The standard InChI is InChI=1S/C18H28N2O2S2/c1-12(23-8-6-13-10-17(2,3)15(21)19-13)24-9-7-14-11-18(4,5)16(22)20-14/h10-12H,6-9H2,1-5H3,(H,19,21)(H,20,22). The summed E-state index contributed by atoms with van der Waals surface area (Å²) < 4.78 is 0.501. The molecule has 4 nitrogen and oxygen atoms in total. The highest BCUT2D eigenvalue weighted by Gasteiger charge is 2.32. The summed E-state index contributed by atoms with van der Waals surface area (Å²) in [7, 11) is 0. The topological polar surface area (TPSA) is 58.2 Å². The largest absolute Gasteiger partial charge is 0.329 e. The monoisotopic (exact) mass is 368 g/mol. The predicted molar refractivity (Wildman–Crippen MR) is 104 cm³/mol. The van der Waals surface area contributed by atoms with Gasteiger partial charge in [-0.25, -0.2) is 0 Å². The summed E-state index contributed by atoms with van der Waals surface area (Å²) in [5.41, 5.74) is 1.37. The average molecular weight is 369 g/mol. The highest BCUT2D eigenvalue weighted by molar-refractivity contribution is 8.16. The van der Waals surface area contributed by atoms with E-state index in [-0.39, 0.29) is 22.6 Å². The lowest BCUT2D eigenvalue weighted by Crippen LogP contribution is -2.27. The second-order valence-corrected chi connectivity index (χ2v) is 10.7. The number of hydrogen-bond acceptors (Lipinski definition) is 4. The van der Waals surface area contributed by atoms with E-state index >= 15 is 0 Å². The second kappa shape index (κ2) is 7.56. The van der Waals surface area contributed by atoms with Gasteiger partial charge in [-0.3, -0.25) is 9.59 Å². The minimum atomic E-state index is -0.367. The molecule has 0 aromatic rings. The SMILES string of the molecule is CC(SCCC1=CC(C)(C)C(=O)N1)SCCC1=CC(C)(C)C(=O)N1. The van der Waals surface area contributed by atoms with Crippen LogP contribution in [0.15, 0.2) is 23.5 Å². The molecule has 24 heavy (non-hydrogen) atoms. The molecule has 2 heterocycles. The highest BCUT2D eigenvalue weighted by atomic mass is 32.2. The minimum Gasteiger partial charge on any atom is -0.329 e. The summed E-state index contributed by atoms with van der Waals surface area (Å²) >= 11 is 3.82. The van der Waals surface area contributed by atoms with Gasteiger partial charge in [0.05, 0.1) is 10.8 Å². The first-order chi connectivity index (χ1) is 11.1. The van der Waals surface area contributed by atoms with Crippen LogP contribution in [0.2, 0.25) is 0 Å². The first-order valence-corrected chi connectivity index (χ1v) is 10.5. The van der Waals surface area contributed by atoms with E-state index < -0.39 is 0 Å². The number of carbonyl (C=O) groups excluding carboxylic acids is 2. The van der Waals surface area contributed by atoms with Crippen LogP contribution in [0.3, 0.4) is 0 Å². The zero-order chi connectivity index (χ0) is 18.0. The van der Waals surface area contributed by atoms with Crippen molar-refractivity contribution in [3.63, 3.8) is 0 Å². The van der Waals surface area contributed by atoms with E-state index in [1.807, 2.05) is 63.4 Å². The average Bonchev–Trinajstić information content (AvgIpc) is 2.85. The van der Waals surface area contributed by atoms with Gasteiger partial charge in [-0.2, -0.15) is 0 Å². The van der Waals surface area contributed by atoms with E-state index in [9.17, 15) is 9.59 Å². The van der Waals surface area contributed by atoms with Crippen LogP contribution in [0, 0.1) is 10.8 Å². The van der Waals surface area contributed by atoms with Gasteiger partial charge in [0, 0.05) is 16.0 Å². The molecule has 0 aromatic heterocycles. The van der Waals surface area contributed by atoms with Crippen molar-refractivity contribution in [1.82, 2.24) is 10.6 Å². The van der Waals surface area contributed by atoms with Gasteiger partial charge in [0.25, 0.3) is 0 Å². The number of rotatable bonds is 8. The molecule has 0 atom stereocenters. The van der Waals surface area contributed by atoms with E-state index in [2.05, 4.69) is 17.6 Å². The molecule has 2 amide bonds. The summed E-state index contributed by atoms with van der Waals surface area (Å²) in [5.74, 6) is 2.20. The number of carbonyl (C=O) groups is 2. The lowest BCUT2D eigenvalue weighted by Gasteiger charge is -2.11. The Balaban J connectivity index is 1.62. The van der Waals surface area contributed by atoms with E-state index in [1.54, 1.807) is 0 Å². The van der Waals surface area contributed by atoms with Gasteiger partial charge in [0.1, 0.15) is 0 Å². The number of allylic oxidation sites excluding steroid dienone is 2. The van der Waals surface area contributed by atoms with E-state index in [4.69, 9.17) is 0 Å². The summed E-state index contributed by atoms with van der Waals surface area (Å²) in [6, 6.07) is 0. The predicted octanol–water partition coefficient (Wildman–Crippen LogP) is 3.66. The van der Waals surface area contributed by atoms with Crippen molar-refractivity contribution in [2.45, 2.75) is 52.0 Å². The Morgan fingerprint density at radius 1 is 0.875 bits per heavy atom. The molecule has 0 radical (unpaired) electrons. The van der Waals surface area contributed by atoms with Gasteiger partial charge in [-0.05, 0) is 59.0 Å². The Morgan fingerprint density at radius 3 is 1.54 bits per heavy atom. The van der Waals surface area contributed by atoms with Crippen molar-refractivity contribution < 1.29 is 9.59 Å². The van der Waals surface area contributed by atoms with Gasteiger partial charge in [-0.15, -0.1) is 23.5 Å². The van der Waals surface area contributed by atoms with Gasteiger partial charge in [-0.1, -0.05) is 12.2 Å². The fourth-order valence-electron chi connectivity index (χ4n) is 2.68. The maximum atomic E-state index is 11.7. The van der Waals surface area contributed by atoms with Gasteiger partial charge < -0.3 is 10.6 Å². The Kier molecular flexibility index (Phi) is 6.13. The molecule has 134 valence electrons. The first kappa shape index (κ1) is 19.4. The smallest absolute Gasteiger partial charge is 0.233 e. The second-order valence-electron chi connectivity index (χ2n) is 7.50. The van der Waals surface area contributed by atoms with Gasteiger partial charge in [0.15, 0.2) is 0 Å². The van der Waals surface area contributed by atoms with Crippen LogP contribution in [-0.4, -0.2) is 27.9 Å². The van der Waals surface area contributed by atoms with E-state index in [0.717, 1.165) is 35.7 Å². The molecule has 0 saturated carbocycles. The maximum Gasteiger partial charge on any atom is 0.233 e. The Labute approximate surface area is 153 Å². The molecule has 2 aliphatic rings. The van der Waals surface area contributed by atoms with Crippen LogP contribution < -0.4 is 10.6 Å². The van der Waals surface area contributed by atoms with Crippen LogP contribution in [-0.2, 0) is 9.59 Å². The molecular formula is C18H28N2O2S2. The zero-order valence-corrected chi connectivity index (χ0v) is 16.8. The van der Waals surface area contributed by atoms with Crippen LogP contribution in [0.5, 0.6) is 0 Å². The van der Waals surface area contributed by atoms with Crippen LogP contribution in [0.1, 0.15) is 47.5 Å². The number of nitrogens with one attached hydrogen (secondary N) is 2. The molecule has 2 rings (SSSR count). The van der Waals surface area contributed by atoms with Gasteiger partial charge in [0.2, 0.25) is 11.8 Å². The molecule has 2 aliphatic heterocycles. The molecule has 0 unspecified atom stereocenters. The normalized spacial score (nSPS) is 21.6. The van der Waals surface area contributed by atoms with Crippen molar-refractivity contribution in [2.24, 2.45) is 10.8 Å². The van der Waals surface area contributed by atoms with E-state index in [1.165, 1.54) is 0 Å². The van der Waals surface area contributed by atoms with Crippen LogP contribution in [0.25, 0.3) is 0 Å². The molecule has 2 N–H and O–H groups in total. The lowest BCUT2D eigenvalue weighted by atomic mass is 9.94. The summed E-state index contributed by atoms with van der Waals surface area (Å²) in [5, 5.41) is 5.93. The summed E-state index contributed by atoms with van der Waals surface area (Å²) in [4.78, 5) is 23.5. The van der Waals surface area contributed by atoms with Crippen molar-refractivity contribution in [1.29, 1.82) is 0 Å². The molecule has 0 aromatic carbocycles. The highest BCUT2D eigenvalue weighted by Crippen LogP contribution is 2.31. The first-order valence-electron chi connectivity index (χ1n) is 8.40. The molecular weight excluding hydrogens is 340 g/mol. The number of thioether (sulfide) groups is 2. The Hall–Kier alpha value is -0.880. The number of amides is 2. The van der Waals surface area contributed by atoms with Crippen LogP contribution in [0.4, 0.5) is 0 Å². The number of hydrogen-bond donors (Lipinski definition) is 2.